The van der Waals surface area contributed by atoms with E-state index in [9.17, 15) is 4.79 Å². The zero-order valence-corrected chi connectivity index (χ0v) is 10.0. The Morgan fingerprint density at radius 1 is 1.56 bits per heavy atom. The Morgan fingerprint density at radius 2 is 2.38 bits per heavy atom. The SMILES string of the molecule is COc1cc(Br)cnc1C1=NNC(=O)CN1. The minimum Gasteiger partial charge on any atom is -0.494 e. The van der Waals surface area contributed by atoms with Crippen molar-refractivity contribution in [1.29, 1.82) is 0 Å². The lowest BCUT2D eigenvalue weighted by Crippen LogP contribution is -2.42. The molecule has 1 aliphatic heterocycles. The monoisotopic (exact) mass is 284 g/mol. The van der Waals surface area contributed by atoms with Crippen LogP contribution in [0.5, 0.6) is 5.75 Å². The van der Waals surface area contributed by atoms with Gasteiger partial charge in [0, 0.05) is 10.7 Å². The van der Waals surface area contributed by atoms with E-state index in [2.05, 4.69) is 36.8 Å². The lowest BCUT2D eigenvalue weighted by molar-refractivity contribution is -0.120. The average molecular weight is 285 g/mol. The summed E-state index contributed by atoms with van der Waals surface area (Å²) in [5.41, 5.74) is 2.94. The molecule has 0 atom stereocenters. The van der Waals surface area contributed by atoms with E-state index in [-0.39, 0.29) is 12.5 Å². The van der Waals surface area contributed by atoms with E-state index in [0.717, 1.165) is 4.47 Å². The van der Waals surface area contributed by atoms with E-state index in [1.165, 1.54) is 0 Å². The second kappa shape index (κ2) is 4.48. The van der Waals surface area contributed by atoms with E-state index in [1.807, 2.05) is 0 Å². The van der Waals surface area contributed by atoms with Crippen molar-refractivity contribution in [3.8, 4) is 5.75 Å². The summed E-state index contributed by atoms with van der Waals surface area (Å²) in [6.07, 6.45) is 1.64. The van der Waals surface area contributed by atoms with Crippen LogP contribution in [-0.2, 0) is 4.79 Å². The molecule has 0 saturated heterocycles. The number of amides is 1. The number of pyridine rings is 1. The molecule has 7 heteroatoms. The fourth-order valence-electron chi connectivity index (χ4n) is 1.25. The van der Waals surface area contributed by atoms with Crippen LogP contribution in [-0.4, -0.2) is 30.4 Å². The smallest absolute Gasteiger partial charge is 0.259 e. The fraction of sp³-hybridized carbons (Fsp3) is 0.222. The van der Waals surface area contributed by atoms with Gasteiger partial charge in [0.05, 0.1) is 13.7 Å². The Bertz CT molecular complexity index is 461. The summed E-state index contributed by atoms with van der Waals surface area (Å²) in [4.78, 5) is 15.1. The number of nitrogens with one attached hydrogen (secondary N) is 2. The van der Waals surface area contributed by atoms with Crippen LogP contribution in [0.3, 0.4) is 0 Å². The summed E-state index contributed by atoms with van der Waals surface area (Å²) in [7, 11) is 1.55. The van der Waals surface area contributed by atoms with Crippen LogP contribution in [0.15, 0.2) is 21.8 Å². The van der Waals surface area contributed by atoms with Crippen molar-refractivity contribution >= 4 is 27.7 Å². The number of aromatic nitrogens is 1. The molecule has 0 unspecified atom stereocenters. The van der Waals surface area contributed by atoms with Gasteiger partial charge in [-0.3, -0.25) is 4.79 Å². The van der Waals surface area contributed by atoms with E-state index < -0.39 is 0 Å². The normalized spacial score (nSPS) is 14.9. The number of carbonyl (C=O) groups is 1. The van der Waals surface area contributed by atoms with E-state index in [0.29, 0.717) is 17.3 Å². The highest BCUT2D eigenvalue weighted by molar-refractivity contribution is 9.10. The Kier molecular flexibility index (Phi) is 3.04. The highest BCUT2D eigenvalue weighted by Crippen LogP contribution is 2.21. The van der Waals surface area contributed by atoms with Crippen LogP contribution in [0.2, 0.25) is 0 Å². The Morgan fingerprint density at radius 3 is 3.00 bits per heavy atom. The molecule has 0 bridgehead atoms. The molecule has 84 valence electrons. The molecular weight excluding hydrogens is 276 g/mol. The molecule has 0 saturated carbocycles. The molecular formula is C9H9BrN4O2. The highest BCUT2D eigenvalue weighted by Gasteiger charge is 2.17. The second-order valence-electron chi connectivity index (χ2n) is 3.05. The van der Waals surface area contributed by atoms with Crippen LogP contribution in [0.1, 0.15) is 5.69 Å². The Balaban J connectivity index is 2.36. The third-order valence-corrected chi connectivity index (χ3v) is 2.41. The van der Waals surface area contributed by atoms with Crippen molar-refractivity contribution in [2.24, 2.45) is 5.10 Å². The zero-order chi connectivity index (χ0) is 11.5. The van der Waals surface area contributed by atoms with Gasteiger partial charge in [0.2, 0.25) is 0 Å². The average Bonchev–Trinajstić information content (AvgIpc) is 2.30. The van der Waals surface area contributed by atoms with Gasteiger partial charge in [0.1, 0.15) is 11.4 Å². The van der Waals surface area contributed by atoms with Gasteiger partial charge in [-0.25, -0.2) is 10.4 Å². The first kappa shape index (κ1) is 10.9. The Hall–Kier alpha value is -1.63. The zero-order valence-electron chi connectivity index (χ0n) is 8.45. The van der Waals surface area contributed by atoms with Gasteiger partial charge < -0.3 is 10.1 Å². The van der Waals surface area contributed by atoms with Gasteiger partial charge >= 0.3 is 0 Å². The first-order valence-corrected chi connectivity index (χ1v) is 5.30. The lowest BCUT2D eigenvalue weighted by Gasteiger charge is -2.15. The fourth-order valence-corrected chi connectivity index (χ4v) is 1.56. The molecule has 6 nitrogen and oxygen atoms in total. The standard InChI is InChI=1S/C9H9BrN4O2/c1-16-6-2-5(10)3-11-8(6)9-12-4-7(15)13-14-9/h2-3H,4H2,1H3,(H,12,14)(H,13,15). The maximum atomic E-state index is 10.9. The lowest BCUT2D eigenvalue weighted by atomic mass is 10.3. The van der Waals surface area contributed by atoms with Crippen LogP contribution in [0, 0.1) is 0 Å². The topological polar surface area (TPSA) is 75.6 Å². The molecule has 0 spiro atoms. The molecule has 2 rings (SSSR count). The highest BCUT2D eigenvalue weighted by atomic mass is 79.9. The van der Waals surface area contributed by atoms with Crippen molar-refractivity contribution in [2.45, 2.75) is 0 Å². The van der Waals surface area contributed by atoms with E-state index in [4.69, 9.17) is 4.74 Å². The van der Waals surface area contributed by atoms with E-state index in [1.54, 1.807) is 19.4 Å². The quantitative estimate of drug-likeness (QED) is 0.816. The van der Waals surface area contributed by atoms with E-state index >= 15 is 0 Å². The molecule has 0 radical (unpaired) electrons. The molecule has 2 heterocycles. The van der Waals surface area contributed by atoms with Gasteiger partial charge in [0.25, 0.3) is 5.91 Å². The molecule has 16 heavy (non-hydrogen) atoms. The number of amidine groups is 1. The summed E-state index contributed by atoms with van der Waals surface area (Å²) in [6, 6.07) is 1.78. The molecule has 1 aromatic heterocycles. The first-order chi connectivity index (χ1) is 7.70. The van der Waals surface area contributed by atoms with Gasteiger partial charge in [-0.15, -0.1) is 0 Å². The summed E-state index contributed by atoms with van der Waals surface area (Å²) < 4.78 is 5.99. The maximum absolute atomic E-state index is 10.9. The molecule has 0 aliphatic carbocycles. The van der Waals surface area contributed by atoms with Crippen molar-refractivity contribution in [1.82, 2.24) is 15.7 Å². The summed E-state index contributed by atoms with van der Waals surface area (Å²) >= 11 is 3.30. The molecule has 0 aromatic carbocycles. The van der Waals surface area contributed by atoms with Crippen molar-refractivity contribution < 1.29 is 9.53 Å². The number of hydrogen-bond donors (Lipinski definition) is 2. The summed E-state index contributed by atoms with van der Waals surface area (Å²) in [5.74, 6) is 0.889. The van der Waals surface area contributed by atoms with Crippen molar-refractivity contribution in [3.05, 3.63) is 22.4 Å². The van der Waals surface area contributed by atoms with Crippen molar-refractivity contribution in [2.75, 3.05) is 13.7 Å². The molecule has 2 N–H and O–H groups in total. The minimum atomic E-state index is -0.181. The maximum Gasteiger partial charge on any atom is 0.259 e. The van der Waals surface area contributed by atoms with Crippen LogP contribution in [0.25, 0.3) is 0 Å². The predicted octanol–water partition coefficient (Wildman–Crippen LogP) is 0.234. The molecule has 1 amide bonds. The summed E-state index contributed by atoms with van der Waals surface area (Å²) in [5, 5.41) is 6.73. The molecule has 0 fully saturated rings. The first-order valence-electron chi connectivity index (χ1n) is 4.51. The minimum absolute atomic E-state index is 0.180. The Labute approximate surface area is 100 Å². The number of hydrogen-bond acceptors (Lipinski definition) is 5. The molecule has 1 aliphatic rings. The van der Waals surface area contributed by atoms with Gasteiger partial charge in [-0.1, -0.05) is 0 Å². The third kappa shape index (κ3) is 2.13. The number of carbonyl (C=O) groups excluding carboxylic acids is 1. The predicted molar refractivity (Wildman–Crippen MR) is 61.2 cm³/mol. The van der Waals surface area contributed by atoms with Crippen LogP contribution >= 0.6 is 15.9 Å². The summed E-state index contributed by atoms with van der Waals surface area (Å²) in [6.45, 7) is 0.180. The molecule has 1 aromatic rings. The number of methoxy groups -OCH3 is 1. The van der Waals surface area contributed by atoms with Crippen molar-refractivity contribution in [3.63, 3.8) is 0 Å². The van der Waals surface area contributed by atoms with Gasteiger partial charge in [-0.2, -0.15) is 5.10 Å². The number of halogens is 1. The van der Waals surface area contributed by atoms with Gasteiger partial charge in [-0.05, 0) is 22.0 Å². The van der Waals surface area contributed by atoms with Crippen LogP contribution in [0.4, 0.5) is 0 Å². The van der Waals surface area contributed by atoms with Crippen LogP contribution < -0.4 is 15.5 Å². The number of hydrazone groups is 1. The largest absolute Gasteiger partial charge is 0.494 e. The second-order valence-corrected chi connectivity index (χ2v) is 3.97. The number of nitrogens with zero attached hydrogens (tertiary/aromatic N) is 2. The van der Waals surface area contributed by atoms with Gasteiger partial charge in [0.15, 0.2) is 5.84 Å². The number of ether oxygens (including phenoxy) is 1. The number of rotatable bonds is 2. The third-order valence-electron chi connectivity index (χ3n) is 1.97.